The van der Waals surface area contributed by atoms with Crippen LogP contribution in [0.1, 0.15) is 18.0 Å². The van der Waals surface area contributed by atoms with E-state index in [1.807, 2.05) is 30.3 Å². The molecule has 1 N–H and O–H groups in total. The smallest absolute Gasteiger partial charge is 0.335 e. The van der Waals surface area contributed by atoms with E-state index in [2.05, 4.69) is 10.3 Å². The molecule has 0 saturated heterocycles. The highest BCUT2D eigenvalue weighted by molar-refractivity contribution is 7.16. The van der Waals surface area contributed by atoms with Crippen LogP contribution < -0.4 is 5.32 Å². The highest BCUT2D eigenvalue weighted by atomic mass is 35.5. The van der Waals surface area contributed by atoms with Crippen LogP contribution in [0.2, 0.25) is 4.34 Å². The number of thiazole rings is 1. The summed E-state index contributed by atoms with van der Waals surface area (Å²) in [7, 11) is 0. The molecule has 100 valence electrons. The molecule has 1 aromatic carbocycles. The van der Waals surface area contributed by atoms with Crippen LogP contribution in [0, 0.1) is 0 Å². The van der Waals surface area contributed by atoms with Crippen LogP contribution in [0.15, 0.2) is 36.5 Å². The molecule has 0 aliphatic carbocycles. The van der Waals surface area contributed by atoms with E-state index in [9.17, 15) is 4.79 Å². The zero-order valence-electron chi connectivity index (χ0n) is 10.3. The van der Waals surface area contributed by atoms with Crippen LogP contribution in [0.3, 0.4) is 0 Å². The minimum absolute atomic E-state index is 0.324. The van der Waals surface area contributed by atoms with Crippen LogP contribution in [0.25, 0.3) is 0 Å². The highest BCUT2D eigenvalue weighted by Crippen LogP contribution is 2.27. The number of ether oxygens (including phenoxy) is 1. The van der Waals surface area contributed by atoms with Gasteiger partial charge < -0.3 is 10.1 Å². The Balaban J connectivity index is 2.22. The maximum Gasteiger partial charge on any atom is 0.335 e. The number of rotatable bonds is 5. The molecule has 1 aromatic heterocycles. The molecule has 0 aliphatic rings. The summed E-state index contributed by atoms with van der Waals surface area (Å²) in [4.78, 5) is 16.1. The summed E-state index contributed by atoms with van der Waals surface area (Å²) >= 11 is 7.13. The molecule has 19 heavy (non-hydrogen) atoms. The van der Waals surface area contributed by atoms with E-state index in [1.54, 1.807) is 6.92 Å². The van der Waals surface area contributed by atoms with Crippen molar-refractivity contribution in [1.29, 1.82) is 0 Å². The van der Waals surface area contributed by atoms with Gasteiger partial charge in [0, 0.05) is 5.69 Å². The zero-order chi connectivity index (χ0) is 13.7. The first-order valence-corrected chi connectivity index (χ1v) is 6.99. The van der Waals surface area contributed by atoms with Gasteiger partial charge in [-0.05, 0) is 19.1 Å². The van der Waals surface area contributed by atoms with Crippen LogP contribution >= 0.6 is 22.9 Å². The largest absolute Gasteiger partial charge is 0.464 e. The predicted octanol–water partition coefficient (Wildman–Crippen LogP) is 3.51. The summed E-state index contributed by atoms with van der Waals surface area (Å²) in [5, 5.41) is 3.70. The maximum absolute atomic E-state index is 12.0. The Labute approximate surface area is 120 Å². The fraction of sp³-hybridized carbons (Fsp3) is 0.231. The van der Waals surface area contributed by atoms with E-state index in [4.69, 9.17) is 16.3 Å². The maximum atomic E-state index is 12.0. The molecule has 2 aromatic rings. The van der Waals surface area contributed by atoms with E-state index in [1.165, 1.54) is 17.5 Å². The minimum Gasteiger partial charge on any atom is -0.464 e. The third-order valence-electron chi connectivity index (χ3n) is 2.35. The number of halogens is 1. The first kappa shape index (κ1) is 13.8. The summed E-state index contributed by atoms with van der Waals surface area (Å²) in [6.07, 6.45) is 1.53. The van der Waals surface area contributed by atoms with Crippen molar-refractivity contribution in [3.05, 3.63) is 45.9 Å². The van der Waals surface area contributed by atoms with Crippen molar-refractivity contribution in [3.8, 4) is 0 Å². The summed E-state index contributed by atoms with van der Waals surface area (Å²) in [5.74, 6) is -0.364. The number of benzene rings is 1. The summed E-state index contributed by atoms with van der Waals surface area (Å²) in [6.45, 7) is 2.09. The lowest BCUT2D eigenvalue weighted by Crippen LogP contribution is -2.23. The molecular formula is C13H13ClN2O2S. The fourth-order valence-corrected chi connectivity index (χ4v) is 2.52. The van der Waals surface area contributed by atoms with Gasteiger partial charge >= 0.3 is 5.97 Å². The van der Waals surface area contributed by atoms with Gasteiger partial charge in [-0.15, -0.1) is 11.3 Å². The summed E-state index contributed by atoms with van der Waals surface area (Å²) in [5.41, 5.74) is 0.826. The molecule has 1 unspecified atom stereocenters. The Hall–Kier alpha value is -1.59. The molecule has 0 fully saturated rings. The number of aromatic nitrogens is 1. The Kier molecular flexibility index (Phi) is 4.76. The van der Waals surface area contributed by atoms with Crippen molar-refractivity contribution < 1.29 is 9.53 Å². The van der Waals surface area contributed by atoms with Gasteiger partial charge in [-0.1, -0.05) is 29.8 Å². The Bertz CT molecular complexity index is 545. The van der Waals surface area contributed by atoms with Gasteiger partial charge in [0.2, 0.25) is 0 Å². The van der Waals surface area contributed by atoms with E-state index in [0.717, 1.165) is 5.69 Å². The van der Waals surface area contributed by atoms with Gasteiger partial charge in [0.25, 0.3) is 0 Å². The second-order valence-electron chi connectivity index (χ2n) is 3.70. The Morgan fingerprint density at radius 2 is 2.21 bits per heavy atom. The Morgan fingerprint density at radius 3 is 2.79 bits per heavy atom. The lowest BCUT2D eigenvalue weighted by atomic mass is 10.2. The van der Waals surface area contributed by atoms with Gasteiger partial charge in [-0.3, -0.25) is 0 Å². The van der Waals surface area contributed by atoms with Crippen LogP contribution in [0.5, 0.6) is 0 Å². The Morgan fingerprint density at radius 1 is 1.47 bits per heavy atom. The molecule has 0 amide bonds. The average molecular weight is 297 g/mol. The summed E-state index contributed by atoms with van der Waals surface area (Å²) < 4.78 is 5.60. The third-order valence-corrected chi connectivity index (χ3v) is 3.53. The number of anilines is 1. The number of hydrogen-bond acceptors (Lipinski definition) is 5. The SMILES string of the molecule is CCOC(=O)C(Nc1ccccc1)c1ncc(Cl)s1. The minimum atomic E-state index is -0.639. The fourth-order valence-electron chi connectivity index (χ4n) is 1.55. The lowest BCUT2D eigenvalue weighted by molar-refractivity contribution is -0.144. The third kappa shape index (κ3) is 3.68. The highest BCUT2D eigenvalue weighted by Gasteiger charge is 2.25. The van der Waals surface area contributed by atoms with Crippen molar-refractivity contribution >= 4 is 34.6 Å². The molecule has 6 heteroatoms. The van der Waals surface area contributed by atoms with E-state index in [-0.39, 0.29) is 5.97 Å². The van der Waals surface area contributed by atoms with Gasteiger partial charge in [0.15, 0.2) is 6.04 Å². The summed E-state index contributed by atoms with van der Waals surface area (Å²) in [6, 6.07) is 8.80. The normalized spacial score (nSPS) is 11.9. The molecule has 2 rings (SSSR count). The van der Waals surface area contributed by atoms with Crippen molar-refractivity contribution in [1.82, 2.24) is 4.98 Å². The van der Waals surface area contributed by atoms with Gasteiger partial charge in [0.1, 0.15) is 9.34 Å². The van der Waals surface area contributed by atoms with Crippen LogP contribution in [0.4, 0.5) is 5.69 Å². The first-order valence-electron chi connectivity index (χ1n) is 5.80. The predicted molar refractivity (Wildman–Crippen MR) is 76.6 cm³/mol. The number of carbonyl (C=O) groups excluding carboxylic acids is 1. The molecular weight excluding hydrogens is 284 g/mol. The number of nitrogens with zero attached hydrogens (tertiary/aromatic N) is 1. The van der Waals surface area contributed by atoms with Gasteiger partial charge in [-0.2, -0.15) is 0 Å². The van der Waals surface area contributed by atoms with Crippen molar-refractivity contribution in [2.75, 3.05) is 11.9 Å². The van der Waals surface area contributed by atoms with E-state index < -0.39 is 6.04 Å². The van der Waals surface area contributed by atoms with E-state index >= 15 is 0 Å². The molecule has 0 bridgehead atoms. The average Bonchev–Trinajstić information content (AvgIpc) is 2.84. The number of para-hydroxylation sites is 1. The van der Waals surface area contributed by atoms with Crippen LogP contribution in [-0.4, -0.2) is 17.6 Å². The first-order chi connectivity index (χ1) is 9.20. The molecule has 4 nitrogen and oxygen atoms in total. The van der Waals surface area contributed by atoms with Gasteiger partial charge in [-0.25, -0.2) is 9.78 Å². The number of hydrogen-bond donors (Lipinski definition) is 1. The van der Waals surface area contributed by atoms with Gasteiger partial charge in [0.05, 0.1) is 12.8 Å². The number of nitrogens with one attached hydrogen (secondary N) is 1. The van der Waals surface area contributed by atoms with Crippen molar-refractivity contribution in [2.45, 2.75) is 13.0 Å². The molecule has 0 aliphatic heterocycles. The number of esters is 1. The second kappa shape index (κ2) is 6.54. The number of carbonyl (C=O) groups is 1. The monoisotopic (exact) mass is 296 g/mol. The van der Waals surface area contributed by atoms with E-state index in [0.29, 0.717) is 16.0 Å². The van der Waals surface area contributed by atoms with Crippen molar-refractivity contribution in [3.63, 3.8) is 0 Å². The topological polar surface area (TPSA) is 51.2 Å². The standard InChI is InChI=1S/C13H13ClN2O2S/c1-2-18-13(17)11(12-15-8-10(14)19-12)16-9-6-4-3-5-7-9/h3-8,11,16H,2H2,1H3. The molecule has 0 spiro atoms. The molecule has 0 saturated carbocycles. The lowest BCUT2D eigenvalue weighted by Gasteiger charge is -2.16. The molecule has 1 atom stereocenters. The van der Waals surface area contributed by atoms with Crippen LogP contribution in [-0.2, 0) is 9.53 Å². The molecule has 0 radical (unpaired) electrons. The molecule has 1 heterocycles. The quantitative estimate of drug-likeness (QED) is 0.858. The second-order valence-corrected chi connectivity index (χ2v) is 5.39. The van der Waals surface area contributed by atoms with Crippen molar-refractivity contribution in [2.24, 2.45) is 0 Å². The zero-order valence-corrected chi connectivity index (χ0v) is 11.9.